The summed E-state index contributed by atoms with van der Waals surface area (Å²) in [5.74, 6) is 0.535. The highest BCUT2D eigenvalue weighted by Gasteiger charge is 2.48. The van der Waals surface area contributed by atoms with Crippen LogP contribution in [0.1, 0.15) is 52.2 Å². The van der Waals surface area contributed by atoms with Crippen molar-refractivity contribution in [3.63, 3.8) is 0 Å². The molecule has 0 saturated carbocycles. The molecule has 1 N–H and O–H groups in total. The normalized spacial score (nSPS) is 25.0. The molecule has 1 saturated heterocycles. The zero-order valence-corrected chi connectivity index (χ0v) is 14.5. The molecule has 2 atom stereocenters. The number of nitrogens with one attached hydrogen (secondary N) is 1. The molecular weight excluding hydrogens is 258 g/mol. The Balaban J connectivity index is 2.19. The first-order valence-corrected chi connectivity index (χ1v) is 8.22. The van der Waals surface area contributed by atoms with Crippen LogP contribution in [0, 0.1) is 12.8 Å². The van der Waals surface area contributed by atoms with Gasteiger partial charge in [0.05, 0.1) is 11.2 Å². The van der Waals surface area contributed by atoms with Gasteiger partial charge < -0.3 is 10.1 Å². The lowest BCUT2D eigenvalue weighted by Crippen LogP contribution is -2.45. The van der Waals surface area contributed by atoms with Crippen LogP contribution in [0.3, 0.4) is 0 Å². The fourth-order valence-corrected chi connectivity index (χ4v) is 3.94. The molecule has 0 radical (unpaired) electrons. The second-order valence-corrected chi connectivity index (χ2v) is 7.63. The third kappa shape index (κ3) is 4.08. The maximum Gasteiger partial charge on any atom is 0.0677 e. The highest BCUT2D eigenvalue weighted by atomic mass is 16.5. The molecule has 2 unspecified atom stereocenters. The summed E-state index contributed by atoms with van der Waals surface area (Å²) < 4.78 is 6.30. The summed E-state index contributed by atoms with van der Waals surface area (Å²) in [7, 11) is 0. The molecule has 0 aromatic heterocycles. The van der Waals surface area contributed by atoms with Crippen molar-refractivity contribution in [1.82, 2.24) is 5.32 Å². The summed E-state index contributed by atoms with van der Waals surface area (Å²) in [6, 6.07) is 9.34. The number of hydrogen-bond donors (Lipinski definition) is 1. The molecule has 21 heavy (non-hydrogen) atoms. The molecule has 1 aliphatic heterocycles. The minimum atomic E-state index is -0.0693. The van der Waals surface area contributed by atoms with E-state index in [-0.39, 0.29) is 11.2 Å². The van der Waals surface area contributed by atoms with Gasteiger partial charge in [0.2, 0.25) is 0 Å². The number of benzene rings is 1. The summed E-state index contributed by atoms with van der Waals surface area (Å²) in [6.07, 6.45) is 2.19. The Morgan fingerprint density at radius 1 is 1.29 bits per heavy atom. The summed E-state index contributed by atoms with van der Waals surface area (Å²) in [6.45, 7) is 14.3. The van der Waals surface area contributed by atoms with Crippen LogP contribution in [0.4, 0.5) is 0 Å². The van der Waals surface area contributed by atoms with Gasteiger partial charge in [0, 0.05) is 12.0 Å². The average molecular weight is 289 g/mol. The molecular formula is C19H31NO. The van der Waals surface area contributed by atoms with E-state index in [1.54, 1.807) is 0 Å². The van der Waals surface area contributed by atoms with E-state index in [0.717, 1.165) is 19.4 Å². The van der Waals surface area contributed by atoms with Crippen molar-refractivity contribution in [3.05, 3.63) is 35.4 Å². The lowest BCUT2D eigenvalue weighted by molar-refractivity contribution is -0.0776. The standard InChI is InChI=1S/C19H31NO/c1-7-20-17(12-15-10-8-9-14(2)11-15)16-13-18(3,4)21-19(16,5)6/h8-11,16-17,20H,7,12-13H2,1-6H3. The Morgan fingerprint density at radius 3 is 2.52 bits per heavy atom. The topological polar surface area (TPSA) is 21.3 Å². The van der Waals surface area contributed by atoms with E-state index >= 15 is 0 Å². The van der Waals surface area contributed by atoms with E-state index in [1.165, 1.54) is 11.1 Å². The van der Waals surface area contributed by atoms with Crippen LogP contribution in [0.15, 0.2) is 24.3 Å². The first-order valence-electron chi connectivity index (χ1n) is 8.22. The second-order valence-electron chi connectivity index (χ2n) is 7.63. The van der Waals surface area contributed by atoms with Gasteiger partial charge in [-0.3, -0.25) is 0 Å². The van der Waals surface area contributed by atoms with Crippen molar-refractivity contribution in [2.24, 2.45) is 5.92 Å². The van der Waals surface area contributed by atoms with Crippen LogP contribution >= 0.6 is 0 Å². The molecule has 118 valence electrons. The zero-order chi connectivity index (χ0) is 15.7. The molecule has 1 heterocycles. The molecule has 2 heteroatoms. The number of rotatable bonds is 5. The molecule has 1 aromatic carbocycles. The monoisotopic (exact) mass is 289 g/mol. The van der Waals surface area contributed by atoms with Crippen molar-refractivity contribution in [2.45, 2.75) is 71.6 Å². The van der Waals surface area contributed by atoms with Crippen molar-refractivity contribution >= 4 is 0 Å². The van der Waals surface area contributed by atoms with Gasteiger partial charge in [-0.15, -0.1) is 0 Å². The SMILES string of the molecule is CCNC(Cc1cccc(C)c1)C1CC(C)(C)OC1(C)C. The fourth-order valence-electron chi connectivity index (χ4n) is 3.94. The molecule has 1 fully saturated rings. The van der Waals surface area contributed by atoms with E-state index in [4.69, 9.17) is 4.74 Å². The minimum absolute atomic E-state index is 0.0194. The molecule has 0 amide bonds. The molecule has 0 spiro atoms. The van der Waals surface area contributed by atoms with Crippen LogP contribution < -0.4 is 5.32 Å². The molecule has 1 aliphatic rings. The number of aryl methyl sites for hydroxylation is 1. The average Bonchev–Trinajstić information content (AvgIpc) is 2.57. The first-order chi connectivity index (χ1) is 9.73. The molecule has 2 nitrogen and oxygen atoms in total. The third-order valence-corrected chi connectivity index (χ3v) is 4.63. The Morgan fingerprint density at radius 2 is 2.00 bits per heavy atom. The smallest absolute Gasteiger partial charge is 0.0677 e. The minimum Gasteiger partial charge on any atom is -0.369 e. The van der Waals surface area contributed by atoms with Crippen LogP contribution in [0.5, 0.6) is 0 Å². The van der Waals surface area contributed by atoms with E-state index in [0.29, 0.717) is 12.0 Å². The second kappa shape index (κ2) is 6.10. The Labute approximate surface area is 130 Å². The van der Waals surface area contributed by atoms with Crippen molar-refractivity contribution in [2.75, 3.05) is 6.54 Å². The van der Waals surface area contributed by atoms with Crippen LogP contribution in [0.25, 0.3) is 0 Å². The quantitative estimate of drug-likeness (QED) is 0.881. The Bertz CT molecular complexity index is 478. The summed E-state index contributed by atoms with van der Waals surface area (Å²) in [5, 5.41) is 3.71. The van der Waals surface area contributed by atoms with Crippen LogP contribution in [-0.2, 0) is 11.2 Å². The van der Waals surface area contributed by atoms with Gasteiger partial charge in [-0.1, -0.05) is 36.8 Å². The predicted molar refractivity (Wildman–Crippen MR) is 89.7 cm³/mol. The third-order valence-electron chi connectivity index (χ3n) is 4.63. The van der Waals surface area contributed by atoms with Gasteiger partial charge >= 0.3 is 0 Å². The number of ether oxygens (including phenoxy) is 1. The van der Waals surface area contributed by atoms with E-state index < -0.39 is 0 Å². The van der Waals surface area contributed by atoms with Crippen LogP contribution in [0.2, 0.25) is 0 Å². The maximum atomic E-state index is 6.30. The first kappa shape index (κ1) is 16.5. The highest BCUT2D eigenvalue weighted by Crippen LogP contribution is 2.44. The lowest BCUT2D eigenvalue weighted by Gasteiger charge is -2.33. The molecule has 2 rings (SSSR count). The van der Waals surface area contributed by atoms with E-state index in [1.807, 2.05) is 0 Å². The van der Waals surface area contributed by atoms with Gasteiger partial charge in [-0.25, -0.2) is 0 Å². The summed E-state index contributed by atoms with van der Waals surface area (Å²) >= 11 is 0. The van der Waals surface area contributed by atoms with E-state index in [9.17, 15) is 0 Å². The van der Waals surface area contributed by atoms with Crippen molar-refractivity contribution in [3.8, 4) is 0 Å². The van der Waals surface area contributed by atoms with Crippen molar-refractivity contribution < 1.29 is 4.74 Å². The highest BCUT2D eigenvalue weighted by molar-refractivity contribution is 5.23. The molecule has 0 aliphatic carbocycles. The largest absolute Gasteiger partial charge is 0.369 e. The summed E-state index contributed by atoms with van der Waals surface area (Å²) in [5.41, 5.74) is 2.67. The van der Waals surface area contributed by atoms with Crippen molar-refractivity contribution in [1.29, 1.82) is 0 Å². The zero-order valence-electron chi connectivity index (χ0n) is 14.5. The predicted octanol–water partition coefficient (Wildman–Crippen LogP) is 4.11. The number of hydrogen-bond acceptors (Lipinski definition) is 2. The van der Waals surface area contributed by atoms with Gasteiger partial charge in [0.25, 0.3) is 0 Å². The maximum absolute atomic E-state index is 6.30. The molecule has 0 bridgehead atoms. The lowest BCUT2D eigenvalue weighted by atomic mass is 9.79. The van der Waals surface area contributed by atoms with E-state index in [2.05, 4.69) is 71.1 Å². The molecule has 1 aromatic rings. The Hall–Kier alpha value is -0.860. The Kier molecular flexibility index (Phi) is 4.79. The van der Waals surface area contributed by atoms with Gasteiger partial charge in [-0.05, 0) is 59.6 Å². The van der Waals surface area contributed by atoms with Gasteiger partial charge in [0.15, 0.2) is 0 Å². The van der Waals surface area contributed by atoms with Gasteiger partial charge in [-0.2, -0.15) is 0 Å². The van der Waals surface area contributed by atoms with Crippen LogP contribution in [-0.4, -0.2) is 23.8 Å². The van der Waals surface area contributed by atoms with Gasteiger partial charge in [0.1, 0.15) is 0 Å². The summed E-state index contributed by atoms with van der Waals surface area (Å²) in [4.78, 5) is 0. The number of likely N-dealkylation sites (N-methyl/N-ethyl adjacent to an activating group) is 1. The fraction of sp³-hybridized carbons (Fsp3) is 0.684.